The molecule has 1 heterocycles. The Morgan fingerprint density at radius 3 is 2.41 bits per heavy atom. The van der Waals surface area contributed by atoms with Gasteiger partial charge in [0.15, 0.2) is 0 Å². The Morgan fingerprint density at radius 1 is 1.07 bits per heavy atom. The fraction of sp³-hybridized carbons (Fsp3) is 0.120. The summed E-state index contributed by atoms with van der Waals surface area (Å²) in [6.07, 6.45) is 4.19. The molecular weight excluding hydrogens is 424 g/mol. The highest BCUT2D eigenvalue weighted by atomic mass is 79.9. The van der Waals surface area contributed by atoms with Crippen LogP contribution in [-0.4, -0.2) is 22.3 Å². The van der Waals surface area contributed by atoms with Crippen LogP contribution in [0.3, 0.4) is 0 Å². The Kier molecular flexibility index (Phi) is 7.38. The minimum atomic E-state index is -0.453. The summed E-state index contributed by atoms with van der Waals surface area (Å²) in [5.74, 6) is 6.45. The number of benzene rings is 2. The standard InChI is InChI=1S/C25H21BrN2O/c1-2-3-19-28(25(29)21-13-8-5-9-14-21)23(22-15-10-18-27-24(22)26)17-16-20-11-6-4-7-12-20/h2,4-15,18,23H,1,3,19H2. The third kappa shape index (κ3) is 5.43. The van der Waals surface area contributed by atoms with Gasteiger partial charge in [-0.3, -0.25) is 4.79 Å². The van der Waals surface area contributed by atoms with Crippen molar-refractivity contribution in [1.82, 2.24) is 9.88 Å². The first-order chi connectivity index (χ1) is 14.2. The third-order valence-corrected chi connectivity index (χ3v) is 5.04. The minimum Gasteiger partial charge on any atom is -0.320 e. The van der Waals surface area contributed by atoms with Crippen molar-refractivity contribution < 1.29 is 4.79 Å². The lowest BCUT2D eigenvalue weighted by atomic mass is 10.0. The molecule has 0 spiro atoms. The average molecular weight is 445 g/mol. The molecule has 144 valence electrons. The molecule has 0 saturated carbocycles. The molecule has 0 radical (unpaired) electrons. The van der Waals surface area contributed by atoms with Gasteiger partial charge in [0.1, 0.15) is 10.6 Å². The molecule has 3 aromatic rings. The topological polar surface area (TPSA) is 33.2 Å². The van der Waals surface area contributed by atoms with Crippen LogP contribution in [0.4, 0.5) is 0 Å². The van der Waals surface area contributed by atoms with Crippen molar-refractivity contribution in [2.75, 3.05) is 6.54 Å². The van der Waals surface area contributed by atoms with Gasteiger partial charge in [0.05, 0.1) is 0 Å². The van der Waals surface area contributed by atoms with Crippen LogP contribution in [0.25, 0.3) is 0 Å². The van der Waals surface area contributed by atoms with E-state index in [-0.39, 0.29) is 5.91 Å². The summed E-state index contributed by atoms with van der Waals surface area (Å²) in [5, 5.41) is 0. The quantitative estimate of drug-likeness (QED) is 0.279. The highest BCUT2D eigenvalue weighted by Gasteiger charge is 2.26. The highest BCUT2D eigenvalue weighted by molar-refractivity contribution is 9.10. The van der Waals surface area contributed by atoms with E-state index in [1.165, 1.54) is 0 Å². The van der Waals surface area contributed by atoms with Crippen LogP contribution in [0, 0.1) is 11.8 Å². The first-order valence-corrected chi connectivity index (χ1v) is 10.1. The summed E-state index contributed by atoms with van der Waals surface area (Å²) in [7, 11) is 0. The van der Waals surface area contributed by atoms with Gasteiger partial charge in [-0.25, -0.2) is 4.98 Å². The molecule has 0 aliphatic carbocycles. The van der Waals surface area contributed by atoms with Crippen molar-refractivity contribution in [3.63, 3.8) is 0 Å². The molecule has 0 N–H and O–H groups in total. The Balaban J connectivity index is 2.07. The van der Waals surface area contributed by atoms with Crippen molar-refractivity contribution in [2.24, 2.45) is 0 Å². The number of aromatic nitrogens is 1. The van der Waals surface area contributed by atoms with Crippen LogP contribution in [0.2, 0.25) is 0 Å². The second kappa shape index (κ2) is 10.4. The van der Waals surface area contributed by atoms with Gasteiger partial charge in [0.25, 0.3) is 5.91 Å². The SMILES string of the molecule is C=CCCN(C(=O)c1ccccc1)C(C#Cc1ccccc1)c1cccnc1Br. The molecule has 29 heavy (non-hydrogen) atoms. The van der Waals surface area contributed by atoms with Crippen molar-refractivity contribution >= 4 is 21.8 Å². The number of carbonyl (C=O) groups excluding carboxylic acids is 1. The summed E-state index contributed by atoms with van der Waals surface area (Å²) in [5.41, 5.74) is 2.38. The number of amides is 1. The van der Waals surface area contributed by atoms with E-state index in [1.807, 2.05) is 78.9 Å². The minimum absolute atomic E-state index is 0.0736. The van der Waals surface area contributed by atoms with Crippen molar-refractivity contribution in [1.29, 1.82) is 0 Å². The number of rotatable bonds is 6. The Bertz CT molecular complexity index is 1020. The summed E-state index contributed by atoms with van der Waals surface area (Å²) in [4.78, 5) is 19.5. The molecule has 0 fully saturated rings. The fourth-order valence-corrected chi connectivity index (χ4v) is 3.39. The van der Waals surface area contributed by atoms with Gasteiger partial charge in [-0.05, 0) is 52.7 Å². The summed E-state index contributed by atoms with van der Waals surface area (Å²) in [6, 6.07) is 22.4. The predicted octanol–water partition coefficient (Wildman–Crippen LogP) is 5.66. The number of hydrogen-bond acceptors (Lipinski definition) is 2. The molecule has 2 aromatic carbocycles. The zero-order chi connectivity index (χ0) is 20.5. The highest BCUT2D eigenvalue weighted by Crippen LogP contribution is 2.28. The van der Waals surface area contributed by atoms with E-state index in [9.17, 15) is 4.79 Å². The van der Waals surface area contributed by atoms with Gasteiger partial charge in [-0.2, -0.15) is 0 Å². The van der Waals surface area contributed by atoms with Crippen molar-refractivity contribution in [2.45, 2.75) is 12.5 Å². The number of carbonyl (C=O) groups is 1. The normalized spacial score (nSPS) is 11.1. The van der Waals surface area contributed by atoms with Gasteiger partial charge in [0, 0.05) is 29.4 Å². The second-order valence-corrected chi connectivity index (χ2v) is 7.11. The number of nitrogens with zero attached hydrogens (tertiary/aromatic N) is 2. The van der Waals surface area contributed by atoms with Crippen molar-refractivity contribution in [3.05, 3.63) is 113 Å². The van der Waals surface area contributed by atoms with Crippen LogP contribution < -0.4 is 0 Å². The van der Waals surface area contributed by atoms with Crippen LogP contribution in [0.5, 0.6) is 0 Å². The average Bonchev–Trinajstić information content (AvgIpc) is 2.77. The molecule has 4 heteroatoms. The molecule has 0 aliphatic heterocycles. The maximum atomic E-state index is 13.4. The summed E-state index contributed by atoms with van der Waals surface area (Å²) in [6.45, 7) is 4.32. The Hall–Kier alpha value is -3.16. The van der Waals surface area contributed by atoms with E-state index < -0.39 is 6.04 Å². The fourth-order valence-electron chi connectivity index (χ4n) is 2.92. The monoisotopic (exact) mass is 444 g/mol. The first kappa shape index (κ1) is 20.6. The molecule has 1 unspecified atom stereocenters. The lowest BCUT2D eigenvalue weighted by molar-refractivity contribution is 0.0720. The molecule has 1 atom stereocenters. The smallest absolute Gasteiger partial charge is 0.255 e. The van der Waals surface area contributed by atoms with E-state index in [4.69, 9.17) is 0 Å². The van der Waals surface area contributed by atoms with E-state index in [0.29, 0.717) is 23.1 Å². The van der Waals surface area contributed by atoms with Gasteiger partial charge in [-0.1, -0.05) is 60.4 Å². The van der Waals surface area contributed by atoms with Gasteiger partial charge in [-0.15, -0.1) is 6.58 Å². The molecule has 3 rings (SSSR count). The van der Waals surface area contributed by atoms with Crippen LogP contribution >= 0.6 is 15.9 Å². The summed E-state index contributed by atoms with van der Waals surface area (Å²) < 4.78 is 0.678. The van der Waals surface area contributed by atoms with E-state index in [1.54, 1.807) is 11.1 Å². The number of hydrogen-bond donors (Lipinski definition) is 0. The largest absolute Gasteiger partial charge is 0.320 e. The van der Waals surface area contributed by atoms with E-state index in [2.05, 4.69) is 39.3 Å². The number of pyridine rings is 1. The second-order valence-electron chi connectivity index (χ2n) is 6.36. The zero-order valence-electron chi connectivity index (χ0n) is 16.0. The lowest BCUT2D eigenvalue weighted by Crippen LogP contribution is -2.35. The molecule has 0 saturated heterocycles. The molecule has 0 aliphatic rings. The van der Waals surface area contributed by atoms with Crippen molar-refractivity contribution in [3.8, 4) is 11.8 Å². The van der Waals surface area contributed by atoms with Crippen LogP contribution in [0.1, 0.15) is 33.9 Å². The predicted molar refractivity (Wildman–Crippen MR) is 120 cm³/mol. The van der Waals surface area contributed by atoms with E-state index in [0.717, 1.165) is 11.1 Å². The lowest BCUT2D eigenvalue weighted by Gasteiger charge is -2.29. The van der Waals surface area contributed by atoms with Gasteiger partial charge in [0.2, 0.25) is 0 Å². The third-order valence-electron chi connectivity index (χ3n) is 4.38. The Morgan fingerprint density at radius 2 is 1.76 bits per heavy atom. The molecule has 3 nitrogen and oxygen atoms in total. The Labute approximate surface area is 180 Å². The molecule has 1 amide bonds. The van der Waals surface area contributed by atoms with E-state index >= 15 is 0 Å². The zero-order valence-corrected chi connectivity index (χ0v) is 17.5. The maximum absolute atomic E-state index is 13.4. The van der Waals surface area contributed by atoms with Gasteiger partial charge >= 0.3 is 0 Å². The van der Waals surface area contributed by atoms with Crippen LogP contribution in [-0.2, 0) is 0 Å². The first-order valence-electron chi connectivity index (χ1n) is 9.34. The maximum Gasteiger partial charge on any atom is 0.255 e. The number of halogens is 1. The van der Waals surface area contributed by atoms with Gasteiger partial charge < -0.3 is 4.90 Å². The summed E-state index contributed by atoms with van der Waals surface area (Å²) >= 11 is 3.53. The molecule has 1 aromatic heterocycles. The van der Waals surface area contributed by atoms with Crippen LogP contribution in [0.15, 0.2) is 96.3 Å². The molecular formula is C25H21BrN2O. The molecule has 0 bridgehead atoms.